The van der Waals surface area contributed by atoms with Crippen molar-refractivity contribution in [1.29, 1.82) is 0 Å². The molecular formula is C16H19ClO3S. The van der Waals surface area contributed by atoms with E-state index in [1.807, 2.05) is 60.7 Å². The lowest BCUT2D eigenvalue weighted by Gasteiger charge is -2.06. The molecule has 2 aromatic rings. The summed E-state index contributed by atoms with van der Waals surface area (Å²) < 4.78 is 26.1. The van der Waals surface area contributed by atoms with Crippen LogP contribution in [0, 0.1) is 0 Å². The molecule has 0 atom stereocenters. The number of benzene rings is 2. The number of rotatable bonds is 5. The number of alkyl halides is 1. The maximum absolute atomic E-state index is 10.7. The van der Waals surface area contributed by atoms with Crippen molar-refractivity contribution in [3.8, 4) is 0 Å². The molecule has 2 aromatic carbocycles. The Labute approximate surface area is 131 Å². The molecule has 0 saturated carbocycles. The standard InChI is InChI=1S/C10H13ClO3S.C6H6/c1-15(12,13)14-7-6-9-4-2-3-5-10(9)8-11;1-2-4-6-5-3-1/h2-5H,6-8H2,1H3;1-6H. The highest BCUT2D eigenvalue weighted by Crippen LogP contribution is 2.12. The Morgan fingerprint density at radius 3 is 1.81 bits per heavy atom. The van der Waals surface area contributed by atoms with E-state index in [-0.39, 0.29) is 6.61 Å². The van der Waals surface area contributed by atoms with Crippen LogP contribution in [-0.4, -0.2) is 21.3 Å². The molecule has 0 aliphatic heterocycles. The zero-order valence-corrected chi connectivity index (χ0v) is 13.5. The summed E-state index contributed by atoms with van der Waals surface area (Å²) in [6, 6.07) is 19.6. The SMILES string of the molecule is CS(=O)(=O)OCCc1ccccc1CCl.c1ccccc1. The van der Waals surface area contributed by atoms with E-state index in [1.165, 1.54) is 0 Å². The van der Waals surface area contributed by atoms with E-state index in [9.17, 15) is 8.42 Å². The summed E-state index contributed by atoms with van der Waals surface area (Å²) in [5.41, 5.74) is 2.03. The fraction of sp³-hybridized carbons (Fsp3) is 0.250. The fourth-order valence-electron chi connectivity index (χ4n) is 1.62. The lowest BCUT2D eigenvalue weighted by atomic mass is 10.1. The van der Waals surface area contributed by atoms with E-state index >= 15 is 0 Å². The monoisotopic (exact) mass is 326 g/mol. The van der Waals surface area contributed by atoms with Crippen molar-refractivity contribution >= 4 is 21.7 Å². The Morgan fingerprint density at radius 2 is 1.38 bits per heavy atom. The van der Waals surface area contributed by atoms with Crippen molar-refractivity contribution in [2.75, 3.05) is 12.9 Å². The summed E-state index contributed by atoms with van der Waals surface area (Å²) in [6.45, 7) is 0.159. The summed E-state index contributed by atoms with van der Waals surface area (Å²) in [6.07, 6.45) is 1.59. The van der Waals surface area contributed by atoms with Gasteiger partial charge in [-0.15, -0.1) is 11.6 Å². The van der Waals surface area contributed by atoms with Gasteiger partial charge in [0.15, 0.2) is 0 Å². The first-order valence-electron chi connectivity index (χ1n) is 6.50. The molecule has 0 heterocycles. The molecule has 0 aliphatic rings. The van der Waals surface area contributed by atoms with Gasteiger partial charge in [-0.2, -0.15) is 8.42 Å². The summed E-state index contributed by atoms with van der Waals surface area (Å²) in [5, 5.41) is 0. The zero-order valence-electron chi connectivity index (χ0n) is 11.9. The van der Waals surface area contributed by atoms with Crippen LogP contribution >= 0.6 is 11.6 Å². The Morgan fingerprint density at radius 1 is 0.905 bits per heavy atom. The molecule has 0 fully saturated rings. The summed E-state index contributed by atoms with van der Waals surface area (Å²) >= 11 is 5.74. The molecule has 5 heteroatoms. The quantitative estimate of drug-likeness (QED) is 0.622. The van der Waals surface area contributed by atoms with Crippen molar-refractivity contribution in [1.82, 2.24) is 0 Å². The largest absolute Gasteiger partial charge is 0.270 e. The van der Waals surface area contributed by atoms with Crippen LogP contribution in [0.4, 0.5) is 0 Å². The van der Waals surface area contributed by atoms with Crippen molar-refractivity contribution in [2.45, 2.75) is 12.3 Å². The molecule has 0 bridgehead atoms. The Balaban J connectivity index is 0.000000304. The first kappa shape index (κ1) is 17.7. The minimum atomic E-state index is -3.35. The highest BCUT2D eigenvalue weighted by Gasteiger charge is 2.04. The molecule has 0 aliphatic carbocycles. The van der Waals surface area contributed by atoms with E-state index in [0.717, 1.165) is 17.4 Å². The van der Waals surface area contributed by atoms with Gasteiger partial charge in [0, 0.05) is 5.88 Å². The second-order valence-corrected chi connectivity index (χ2v) is 6.24. The smallest absolute Gasteiger partial charge is 0.264 e. The topological polar surface area (TPSA) is 43.4 Å². The van der Waals surface area contributed by atoms with Gasteiger partial charge in [-0.1, -0.05) is 60.7 Å². The molecule has 3 nitrogen and oxygen atoms in total. The van der Waals surface area contributed by atoms with Crippen molar-refractivity contribution < 1.29 is 12.6 Å². The van der Waals surface area contributed by atoms with Crippen LogP contribution < -0.4 is 0 Å². The molecule has 21 heavy (non-hydrogen) atoms. The van der Waals surface area contributed by atoms with E-state index in [1.54, 1.807) is 0 Å². The van der Waals surface area contributed by atoms with Gasteiger partial charge in [0.1, 0.15) is 0 Å². The summed E-state index contributed by atoms with van der Waals surface area (Å²) in [4.78, 5) is 0. The molecule has 0 N–H and O–H groups in total. The van der Waals surface area contributed by atoms with E-state index < -0.39 is 10.1 Å². The van der Waals surface area contributed by atoms with Gasteiger partial charge in [-0.05, 0) is 17.5 Å². The third kappa shape index (κ3) is 8.50. The molecule has 0 unspecified atom stereocenters. The predicted octanol–water partition coefficient (Wildman–Crippen LogP) is 3.63. The zero-order chi connectivity index (χ0) is 15.6. The highest BCUT2D eigenvalue weighted by molar-refractivity contribution is 7.85. The van der Waals surface area contributed by atoms with Gasteiger partial charge in [0.05, 0.1) is 12.9 Å². The molecule has 0 radical (unpaired) electrons. The van der Waals surface area contributed by atoms with E-state index in [2.05, 4.69) is 4.18 Å². The van der Waals surface area contributed by atoms with E-state index in [0.29, 0.717) is 12.3 Å². The average Bonchev–Trinajstić information content (AvgIpc) is 2.49. The molecule has 0 spiro atoms. The first-order chi connectivity index (χ1) is 10.0. The van der Waals surface area contributed by atoms with Crippen LogP contribution in [0.5, 0.6) is 0 Å². The summed E-state index contributed by atoms with van der Waals surface area (Å²) in [7, 11) is -3.35. The van der Waals surface area contributed by atoms with Crippen LogP contribution in [0.25, 0.3) is 0 Å². The minimum Gasteiger partial charge on any atom is -0.270 e. The molecule has 2 rings (SSSR count). The highest BCUT2D eigenvalue weighted by atomic mass is 35.5. The average molecular weight is 327 g/mol. The Kier molecular flexibility index (Phi) is 8.05. The number of halogens is 1. The fourth-order valence-corrected chi connectivity index (χ4v) is 2.27. The lowest BCUT2D eigenvalue weighted by Crippen LogP contribution is -2.07. The first-order valence-corrected chi connectivity index (χ1v) is 8.85. The van der Waals surface area contributed by atoms with Gasteiger partial charge in [-0.3, -0.25) is 4.18 Å². The van der Waals surface area contributed by atoms with Crippen molar-refractivity contribution in [3.63, 3.8) is 0 Å². The van der Waals surface area contributed by atoms with Gasteiger partial charge in [0.25, 0.3) is 10.1 Å². The van der Waals surface area contributed by atoms with Crippen LogP contribution in [-0.2, 0) is 26.6 Å². The predicted molar refractivity (Wildman–Crippen MR) is 86.9 cm³/mol. The van der Waals surface area contributed by atoms with Gasteiger partial charge in [-0.25, -0.2) is 0 Å². The van der Waals surface area contributed by atoms with Crippen LogP contribution in [0.1, 0.15) is 11.1 Å². The third-order valence-electron chi connectivity index (χ3n) is 2.60. The summed E-state index contributed by atoms with van der Waals surface area (Å²) in [5.74, 6) is 0.426. The van der Waals surface area contributed by atoms with Crippen molar-refractivity contribution in [2.24, 2.45) is 0 Å². The van der Waals surface area contributed by atoms with Crippen LogP contribution in [0.15, 0.2) is 60.7 Å². The second kappa shape index (κ2) is 9.55. The van der Waals surface area contributed by atoms with Crippen molar-refractivity contribution in [3.05, 3.63) is 71.8 Å². The second-order valence-electron chi connectivity index (χ2n) is 4.33. The maximum atomic E-state index is 10.7. The van der Waals surface area contributed by atoms with Gasteiger partial charge in [0.2, 0.25) is 0 Å². The number of hydrogen-bond donors (Lipinski definition) is 0. The Hall–Kier alpha value is -1.36. The van der Waals surface area contributed by atoms with E-state index in [4.69, 9.17) is 11.6 Å². The van der Waals surface area contributed by atoms with Gasteiger partial charge >= 0.3 is 0 Å². The molecule has 0 amide bonds. The molecule has 0 saturated heterocycles. The third-order valence-corrected chi connectivity index (χ3v) is 3.48. The van der Waals surface area contributed by atoms with Crippen LogP contribution in [0.2, 0.25) is 0 Å². The molecule has 0 aromatic heterocycles. The Bertz CT molecular complexity index is 586. The maximum Gasteiger partial charge on any atom is 0.264 e. The normalized spacial score (nSPS) is 10.6. The van der Waals surface area contributed by atoms with Crippen LogP contribution in [0.3, 0.4) is 0 Å². The van der Waals surface area contributed by atoms with Gasteiger partial charge < -0.3 is 0 Å². The minimum absolute atomic E-state index is 0.159. The molecule has 114 valence electrons. The lowest BCUT2D eigenvalue weighted by molar-refractivity contribution is 0.325. The number of hydrogen-bond acceptors (Lipinski definition) is 3. The molecular weight excluding hydrogens is 308 g/mol.